The van der Waals surface area contributed by atoms with Gasteiger partial charge in [0, 0.05) is 10.5 Å². The lowest BCUT2D eigenvalue weighted by Crippen LogP contribution is -2.26. The molecule has 1 unspecified atom stereocenters. The van der Waals surface area contributed by atoms with Crippen LogP contribution in [0.3, 0.4) is 0 Å². The van der Waals surface area contributed by atoms with Crippen LogP contribution in [0.25, 0.3) is 0 Å². The minimum absolute atomic E-state index is 0.0146. The van der Waals surface area contributed by atoms with Crippen molar-refractivity contribution in [3.8, 4) is 0 Å². The largest absolute Gasteiger partial charge is 0.305 e. The van der Waals surface area contributed by atoms with Crippen molar-refractivity contribution in [3.05, 3.63) is 49.6 Å². The van der Waals surface area contributed by atoms with Gasteiger partial charge in [0.25, 0.3) is 0 Å². The zero-order valence-electron chi connectivity index (χ0n) is 12.2. The molecule has 2 rings (SSSR count). The second-order valence-corrected chi connectivity index (χ2v) is 7.14. The van der Waals surface area contributed by atoms with Crippen molar-refractivity contribution in [3.63, 3.8) is 0 Å². The van der Waals surface area contributed by atoms with E-state index in [4.69, 9.17) is 11.6 Å². The summed E-state index contributed by atoms with van der Waals surface area (Å²) in [5.41, 5.74) is 2.13. The van der Waals surface area contributed by atoms with Crippen molar-refractivity contribution < 1.29 is 0 Å². The third kappa shape index (κ3) is 3.52. The Balaban J connectivity index is 2.59. The first-order valence-electron chi connectivity index (χ1n) is 6.87. The molecule has 1 heterocycles. The molecule has 0 aliphatic heterocycles. The van der Waals surface area contributed by atoms with Gasteiger partial charge in [-0.1, -0.05) is 30.7 Å². The zero-order valence-corrected chi connectivity index (χ0v) is 16.1. The van der Waals surface area contributed by atoms with E-state index in [1.165, 1.54) is 0 Å². The van der Waals surface area contributed by atoms with Gasteiger partial charge in [-0.25, -0.2) is 0 Å². The minimum atomic E-state index is -0.0146. The van der Waals surface area contributed by atoms with Crippen LogP contribution in [-0.4, -0.2) is 16.3 Å². The monoisotopic (exact) mass is 433 g/mol. The van der Waals surface area contributed by atoms with E-state index >= 15 is 0 Å². The summed E-state index contributed by atoms with van der Waals surface area (Å²) < 4.78 is 3.91. The van der Waals surface area contributed by atoms with E-state index in [1.807, 2.05) is 29.1 Å². The molecule has 21 heavy (non-hydrogen) atoms. The van der Waals surface area contributed by atoms with Crippen molar-refractivity contribution >= 4 is 43.5 Å². The summed E-state index contributed by atoms with van der Waals surface area (Å²) in [6, 6.07) is 6.26. The predicted octanol–water partition coefficient (Wildman–Crippen LogP) is 5.34. The highest BCUT2D eigenvalue weighted by Gasteiger charge is 2.24. The number of rotatable bonds is 5. The number of hydrogen-bond donors (Lipinski definition) is 1. The van der Waals surface area contributed by atoms with E-state index in [-0.39, 0.29) is 12.1 Å². The molecule has 1 aromatic carbocycles. The van der Waals surface area contributed by atoms with Crippen LogP contribution in [0.15, 0.2) is 33.3 Å². The summed E-state index contributed by atoms with van der Waals surface area (Å²) >= 11 is 13.6. The normalized spacial score (nSPS) is 12.9. The smallest absolute Gasteiger partial charge is 0.0774 e. The number of nitrogens with one attached hydrogen (secondary N) is 1. The van der Waals surface area contributed by atoms with E-state index in [0.29, 0.717) is 0 Å². The van der Waals surface area contributed by atoms with Gasteiger partial charge in [0.05, 0.1) is 27.4 Å². The molecule has 1 aromatic heterocycles. The molecule has 0 amide bonds. The Labute approximate surface area is 147 Å². The first-order chi connectivity index (χ1) is 9.97. The number of aromatic nitrogens is 2. The van der Waals surface area contributed by atoms with Crippen molar-refractivity contribution in [1.82, 2.24) is 15.1 Å². The lowest BCUT2D eigenvalue weighted by atomic mass is 10.0. The summed E-state index contributed by atoms with van der Waals surface area (Å²) in [6.07, 6.45) is 1.84. The Bertz CT molecular complexity index is 625. The maximum absolute atomic E-state index is 6.49. The molecule has 2 aromatic rings. The Morgan fingerprint density at radius 2 is 2.00 bits per heavy atom. The fourth-order valence-electron chi connectivity index (χ4n) is 2.33. The maximum atomic E-state index is 6.49. The van der Waals surface area contributed by atoms with E-state index in [0.717, 1.165) is 31.8 Å². The summed E-state index contributed by atoms with van der Waals surface area (Å²) in [5.74, 6) is 0. The van der Waals surface area contributed by atoms with Crippen LogP contribution < -0.4 is 5.32 Å². The second-order valence-electron chi connectivity index (χ2n) is 5.05. The van der Waals surface area contributed by atoms with Gasteiger partial charge in [0.1, 0.15) is 0 Å². The van der Waals surface area contributed by atoms with Crippen molar-refractivity contribution in [2.75, 3.05) is 6.54 Å². The Hall–Kier alpha value is -0.360. The van der Waals surface area contributed by atoms with Gasteiger partial charge in [0.15, 0.2) is 0 Å². The van der Waals surface area contributed by atoms with Gasteiger partial charge >= 0.3 is 0 Å². The molecule has 0 aliphatic carbocycles. The molecule has 1 atom stereocenters. The molecule has 1 N–H and O–H groups in total. The van der Waals surface area contributed by atoms with Crippen LogP contribution in [0, 0.1) is 0 Å². The van der Waals surface area contributed by atoms with Crippen molar-refractivity contribution in [2.45, 2.75) is 32.9 Å². The number of nitrogens with zero attached hydrogens (tertiary/aromatic N) is 2. The summed E-state index contributed by atoms with van der Waals surface area (Å²) in [6.45, 7) is 7.16. The quantitative estimate of drug-likeness (QED) is 0.687. The van der Waals surface area contributed by atoms with Gasteiger partial charge in [-0.15, -0.1) is 0 Å². The zero-order chi connectivity index (χ0) is 15.6. The predicted molar refractivity (Wildman–Crippen MR) is 95.0 cm³/mol. The lowest BCUT2D eigenvalue weighted by molar-refractivity contribution is 0.475. The molecule has 0 saturated heterocycles. The molecule has 0 spiro atoms. The number of halogens is 3. The lowest BCUT2D eigenvalue weighted by Gasteiger charge is -2.23. The highest BCUT2D eigenvalue weighted by molar-refractivity contribution is 9.10. The van der Waals surface area contributed by atoms with Crippen LogP contribution in [0.5, 0.6) is 0 Å². The fraction of sp³-hybridized carbons (Fsp3) is 0.400. The van der Waals surface area contributed by atoms with Crippen LogP contribution in [0.1, 0.15) is 44.1 Å². The molecule has 114 valence electrons. The summed E-state index contributed by atoms with van der Waals surface area (Å²) in [7, 11) is 0. The standard InChI is InChI=1S/C15H18Br2ClN3/c1-4-19-14(10-6-5-7-11(16)13(10)18)15-12(17)8-20-21(15)9(2)3/h5-9,14,19H,4H2,1-3H3. The number of hydrogen-bond acceptors (Lipinski definition) is 2. The first kappa shape index (κ1) is 17.0. The minimum Gasteiger partial charge on any atom is -0.305 e. The van der Waals surface area contributed by atoms with Crippen LogP contribution >= 0.6 is 43.5 Å². The van der Waals surface area contributed by atoms with Crippen LogP contribution in [-0.2, 0) is 0 Å². The Kier molecular flexibility index (Phi) is 5.88. The van der Waals surface area contributed by atoms with Crippen LogP contribution in [0.4, 0.5) is 0 Å². The average Bonchev–Trinajstić information content (AvgIpc) is 2.82. The molecule has 0 saturated carbocycles. The van der Waals surface area contributed by atoms with Crippen LogP contribution in [0.2, 0.25) is 5.02 Å². The van der Waals surface area contributed by atoms with Gasteiger partial charge in [0.2, 0.25) is 0 Å². The third-order valence-corrected chi connectivity index (χ3v) is 5.17. The molecule has 0 bridgehead atoms. The Morgan fingerprint density at radius 3 is 2.62 bits per heavy atom. The van der Waals surface area contributed by atoms with E-state index in [1.54, 1.807) is 0 Å². The molecule has 0 fully saturated rings. The van der Waals surface area contributed by atoms with Crippen molar-refractivity contribution in [2.24, 2.45) is 0 Å². The van der Waals surface area contributed by atoms with Gasteiger partial charge in [-0.2, -0.15) is 5.10 Å². The van der Waals surface area contributed by atoms with Gasteiger partial charge < -0.3 is 5.32 Å². The molecular weight excluding hydrogens is 417 g/mol. The summed E-state index contributed by atoms with van der Waals surface area (Å²) in [5, 5.41) is 8.71. The molecule has 3 nitrogen and oxygen atoms in total. The van der Waals surface area contributed by atoms with Gasteiger partial charge in [-0.05, 0) is 63.9 Å². The average molecular weight is 436 g/mol. The second kappa shape index (κ2) is 7.27. The highest BCUT2D eigenvalue weighted by Crippen LogP contribution is 2.36. The highest BCUT2D eigenvalue weighted by atomic mass is 79.9. The fourth-order valence-corrected chi connectivity index (χ4v) is 3.45. The topological polar surface area (TPSA) is 29.9 Å². The van der Waals surface area contributed by atoms with Crippen molar-refractivity contribution in [1.29, 1.82) is 0 Å². The summed E-state index contributed by atoms with van der Waals surface area (Å²) in [4.78, 5) is 0. The van der Waals surface area contributed by atoms with Gasteiger partial charge in [-0.3, -0.25) is 4.68 Å². The molecular formula is C15H18Br2ClN3. The van der Waals surface area contributed by atoms with E-state index in [9.17, 15) is 0 Å². The van der Waals surface area contributed by atoms with E-state index < -0.39 is 0 Å². The molecule has 0 aliphatic rings. The molecule has 0 radical (unpaired) electrons. The SMILES string of the molecule is CCNC(c1cccc(Br)c1Cl)c1c(Br)cnn1C(C)C. The Morgan fingerprint density at radius 1 is 1.29 bits per heavy atom. The maximum Gasteiger partial charge on any atom is 0.0774 e. The molecule has 6 heteroatoms. The van der Waals surface area contributed by atoms with E-state index in [2.05, 4.69) is 63.0 Å². The third-order valence-electron chi connectivity index (χ3n) is 3.25. The number of benzene rings is 1. The first-order valence-corrected chi connectivity index (χ1v) is 8.83.